The van der Waals surface area contributed by atoms with Gasteiger partial charge in [-0.3, -0.25) is 11.3 Å². The quantitative estimate of drug-likeness (QED) is 0.630. The molecule has 0 spiro atoms. The summed E-state index contributed by atoms with van der Waals surface area (Å²) in [7, 11) is 3.26. The Kier molecular flexibility index (Phi) is 4.79. The van der Waals surface area contributed by atoms with Crippen LogP contribution in [-0.4, -0.2) is 14.2 Å². The van der Waals surface area contributed by atoms with Gasteiger partial charge in [0.1, 0.15) is 0 Å². The summed E-state index contributed by atoms with van der Waals surface area (Å²) in [6.45, 7) is 0. The molecule has 1 atom stereocenters. The standard InChI is InChI=1S/C14H18N2O2S/c1-17-13-6-5-10(8-14(13)18-2)12(16-15)9-11-4-3-7-19-11/h3-8,12,16H,9,15H2,1-2H3. The van der Waals surface area contributed by atoms with E-state index in [0.717, 1.165) is 17.7 Å². The lowest BCUT2D eigenvalue weighted by atomic mass is 10.0. The molecule has 0 aliphatic carbocycles. The molecule has 2 rings (SSSR count). The lowest BCUT2D eigenvalue weighted by Gasteiger charge is -2.17. The molecule has 5 heteroatoms. The first-order valence-corrected chi connectivity index (χ1v) is 6.87. The SMILES string of the molecule is COc1ccc(C(Cc2cccs2)NN)cc1OC. The molecule has 1 heterocycles. The predicted octanol–water partition coefficient (Wildman–Crippen LogP) is 2.51. The Balaban J connectivity index is 2.23. The van der Waals surface area contributed by atoms with Gasteiger partial charge in [-0.05, 0) is 29.1 Å². The second-order valence-corrected chi connectivity index (χ2v) is 5.15. The minimum absolute atomic E-state index is 0.0541. The van der Waals surface area contributed by atoms with E-state index in [2.05, 4.69) is 16.9 Å². The normalized spacial score (nSPS) is 12.2. The fourth-order valence-electron chi connectivity index (χ4n) is 1.97. The number of hydrogen-bond acceptors (Lipinski definition) is 5. The first kappa shape index (κ1) is 13.9. The first-order valence-electron chi connectivity index (χ1n) is 5.99. The van der Waals surface area contributed by atoms with Crippen LogP contribution in [0.3, 0.4) is 0 Å². The Hall–Kier alpha value is -1.56. The Labute approximate surface area is 117 Å². The summed E-state index contributed by atoms with van der Waals surface area (Å²) >= 11 is 1.73. The molecule has 1 unspecified atom stereocenters. The molecule has 102 valence electrons. The summed E-state index contributed by atoms with van der Waals surface area (Å²) in [5.74, 6) is 7.10. The molecule has 1 aromatic carbocycles. The zero-order valence-electron chi connectivity index (χ0n) is 11.1. The number of methoxy groups -OCH3 is 2. The van der Waals surface area contributed by atoms with Crippen molar-refractivity contribution < 1.29 is 9.47 Å². The van der Waals surface area contributed by atoms with Gasteiger partial charge in [-0.2, -0.15) is 0 Å². The van der Waals surface area contributed by atoms with Crippen LogP contribution >= 0.6 is 11.3 Å². The van der Waals surface area contributed by atoms with Gasteiger partial charge in [0.05, 0.1) is 20.3 Å². The maximum absolute atomic E-state index is 5.67. The van der Waals surface area contributed by atoms with Gasteiger partial charge in [0.2, 0.25) is 0 Å². The lowest BCUT2D eigenvalue weighted by molar-refractivity contribution is 0.354. The van der Waals surface area contributed by atoms with Gasteiger partial charge in [0, 0.05) is 11.3 Å². The molecule has 4 nitrogen and oxygen atoms in total. The average molecular weight is 278 g/mol. The molecule has 0 radical (unpaired) electrons. The van der Waals surface area contributed by atoms with Crippen LogP contribution in [0.25, 0.3) is 0 Å². The minimum Gasteiger partial charge on any atom is -0.493 e. The highest BCUT2D eigenvalue weighted by atomic mass is 32.1. The number of benzene rings is 1. The average Bonchev–Trinajstić information content (AvgIpc) is 2.97. The summed E-state index contributed by atoms with van der Waals surface area (Å²) in [4.78, 5) is 1.29. The smallest absolute Gasteiger partial charge is 0.161 e. The molecule has 2 aromatic rings. The highest BCUT2D eigenvalue weighted by Gasteiger charge is 2.14. The second-order valence-electron chi connectivity index (χ2n) is 4.12. The maximum Gasteiger partial charge on any atom is 0.161 e. The van der Waals surface area contributed by atoms with Crippen molar-refractivity contribution in [1.29, 1.82) is 0 Å². The zero-order chi connectivity index (χ0) is 13.7. The molecule has 0 aliphatic rings. The van der Waals surface area contributed by atoms with Crippen molar-refractivity contribution >= 4 is 11.3 Å². The topological polar surface area (TPSA) is 56.5 Å². The molecule has 19 heavy (non-hydrogen) atoms. The number of thiophene rings is 1. The molecule has 3 N–H and O–H groups in total. The fourth-order valence-corrected chi connectivity index (χ4v) is 2.72. The molecular weight excluding hydrogens is 260 g/mol. The van der Waals surface area contributed by atoms with Crippen LogP contribution in [0.4, 0.5) is 0 Å². The first-order chi connectivity index (χ1) is 9.28. The van der Waals surface area contributed by atoms with E-state index in [4.69, 9.17) is 15.3 Å². The van der Waals surface area contributed by atoms with Crippen LogP contribution in [0.15, 0.2) is 35.7 Å². The Morgan fingerprint density at radius 2 is 2.00 bits per heavy atom. The lowest BCUT2D eigenvalue weighted by Crippen LogP contribution is -2.29. The third-order valence-electron chi connectivity index (χ3n) is 3.00. The highest BCUT2D eigenvalue weighted by Crippen LogP contribution is 2.31. The molecule has 0 bridgehead atoms. The van der Waals surface area contributed by atoms with Gasteiger partial charge in [-0.1, -0.05) is 12.1 Å². The number of nitrogens with one attached hydrogen (secondary N) is 1. The van der Waals surface area contributed by atoms with E-state index in [0.29, 0.717) is 5.75 Å². The summed E-state index contributed by atoms with van der Waals surface area (Å²) in [6, 6.07) is 10.1. The van der Waals surface area contributed by atoms with Crippen molar-refractivity contribution in [2.75, 3.05) is 14.2 Å². The predicted molar refractivity (Wildman–Crippen MR) is 77.6 cm³/mol. The monoisotopic (exact) mass is 278 g/mol. The minimum atomic E-state index is 0.0541. The van der Waals surface area contributed by atoms with Gasteiger partial charge in [-0.15, -0.1) is 11.3 Å². The van der Waals surface area contributed by atoms with E-state index >= 15 is 0 Å². The summed E-state index contributed by atoms with van der Waals surface area (Å²) in [5, 5.41) is 2.07. The van der Waals surface area contributed by atoms with E-state index in [1.165, 1.54) is 4.88 Å². The maximum atomic E-state index is 5.67. The van der Waals surface area contributed by atoms with Crippen molar-refractivity contribution in [3.63, 3.8) is 0 Å². The summed E-state index contributed by atoms with van der Waals surface area (Å²) < 4.78 is 10.6. The van der Waals surface area contributed by atoms with Gasteiger partial charge >= 0.3 is 0 Å². The van der Waals surface area contributed by atoms with Crippen molar-refractivity contribution in [2.24, 2.45) is 5.84 Å². The Morgan fingerprint density at radius 3 is 2.58 bits per heavy atom. The van der Waals surface area contributed by atoms with Gasteiger partial charge < -0.3 is 9.47 Å². The molecule has 0 saturated heterocycles. The number of hydrazine groups is 1. The summed E-state index contributed by atoms with van der Waals surface area (Å²) in [5.41, 5.74) is 3.93. The molecule has 1 aromatic heterocycles. The number of hydrogen-bond donors (Lipinski definition) is 2. The van der Waals surface area contributed by atoms with Crippen LogP contribution in [0, 0.1) is 0 Å². The van der Waals surface area contributed by atoms with E-state index < -0.39 is 0 Å². The van der Waals surface area contributed by atoms with E-state index in [-0.39, 0.29) is 6.04 Å². The van der Waals surface area contributed by atoms with Gasteiger partial charge in [0.25, 0.3) is 0 Å². The van der Waals surface area contributed by atoms with E-state index in [9.17, 15) is 0 Å². The number of ether oxygens (including phenoxy) is 2. The van der Waals surface area contributed by atoms with Gasteiger partial charge in [0.15, 0.2) is 11.5 Å². The van der Waals surface area contributed by atoms with Crippen LogP contribution in [-0.2, 0) is 6.42 Å². The molecule has 0 saturated carbocycles. The number of rotatable bonds is 6. The Morgan fingerprint density at radius 1 is 1.21 bits per heavy atom. The van der Waals surface area contributed by atoms with Crippen molar-refractivity contribution in [2.45, 2.75) is 12.5 Å². The van der Waals surface area contributed by atoms with Crippen LogP contribution in [0.5, 0.6) is 11.5 Å². The van der Waals surface area contributed by atoms with Gasteiger partial charge in [-0.25, -0.2) is 0 Å². The van der Waals surface area contributed by atoms with Crippen molar-refractivity contribution in [1.82, 2.24) is 5.43 Å². The fraction of sp³-hybridized carbons (Fsp3) is 0.286. The van der Waals surface area contributed by atoms with E-state index in [1.54, 1.807) is 25.6 Å². The van der Waals surface area contributed by atoms with Crippen molar-refractivity contribution in [3.8, 4) is 11.5 Å². The second kappa shape index (κ2) is 6.56. The van der Waals surface area contributed by atoms with Crippen LogP contribution in [0.1, 0.15) is 16.5 Å². The summed E-state index contributed by atoms with van der Waals surface area (Å²) in [6.07, 6.45) is 0.851. The third-order valence-corrected chi connectivity index (χ3v) is 3.90. The van der Waals surface area contributed by atoms with Crippen molar-refractivity contribution in [3.05, 3.63) is 46.2 Å². The Bertz CT molecular complexity index is 514. The third kappa shape index (κ3) is 3.26. The van der Waals surface area contributed by atoms with E-state index in [1.807, 2.05) is 24.3 Å². The number of nitrogens with two attached hydrogens (primary N) is 1. The highest BCUT2D eigenvalue weighted by molar-refractivity contribution is 7.09. The van der Waals surface area contributed by atoms with Crippen LogP contribution < -0.4 is 20.7 Å². The largest absolute Gasteiger partial charge is 0.493 e. The zero-order valence-corrected chi connectivity index (χ0v) is 11.9. The molecule has 0 fully saturated rings. The van der Waals surface area contributed by atoms with Crippen LogP contribution in [0.2, 0.25) is 0 Å². The molecular formula is C14H18N2O2S. The molecule has 0 amide bonds. The molecule has 0 aliphatic heterocycles.